The number of ether oxygens (including phenoxy) is 2. The molecule has 0 saturated heterocycles. The average molecular weight is 266 g/mol. The molecule has 1 atom stereocenters. The van der Waals surface area contributed by atoms with Gasteiger partial charge in [0.2, 0.25) is 13.2 Å². The molecule has 2 rings (SSSR count). The predicted octanol–water partition coefficient (Wildman–Crippen LogP) is 1.40. The maximum absolute atomic E-state index is 8.58. The van der Waals surface area contributed by atoms with Crippen LogP contribution in [0.2, 0.25) is 0 Å². The van der Waals surface area contributed by atoms with Crippen molar-refractivity contribution < 1.29 is 14.3 Å². The zero-order chi connectivity index (χ0) is 14.3. The van der Waals surface area contributed by atoms with Crippen LogP contribution in [0.25, 0.3) is 0 Å². The summed E-state index contributed by atoms with van der Waals surface area (Å²) >= 11 is 0. The van der Waals surface area contributed by atoms with Gasteiger partial charge in [-0.25, -0.2) is 0 Å². The molecule has 0 bridgehead atoms. The molecule has 19 heavy (non-hydrogen) atoms. The summed E-state index contributed by atoms with van der Waals surface area (Å²) in [7, 11) is 2.15. The Labute approximate surface area is 114 Å². The predicted molar refractivity (Wildman–Crippen MR) is 74.3 cm³/mol. The summed E-state index contributed by atoms with van der Waals surface area (Å²) in [5, 5.41) is 0. The minimum absolute atomic E-state index is 0.250. The van der Waals surface area contributed by atoms with Crippen LogP contribution >= 0.6 is 0 Å². The van der Waals surface area contributed by atoms with Gasteiger partial charge in [0.25, 0.3) is 0 Å². The number of primary amides is 1. The van der Waals surface area contributed by atoms with E-state index in [0.717, 1.165) is 24.5 Å². The molecular weight excluding hydrogens is 244 g/mol. The molecular formula is C14H22N2O3. The van der Waals surface area contributed by atoms with Gasteiger partial charge < -0.3 is 20.1 Å². The first kappa shape index (κ1) is 15.3. The van der Waals surface area contributed by atoms with E-state index in [1.54, 1.807) is 0 Å². The van der Waals surface area contributed by atoms with E-state index in [1.165, 1.54) is 5.56 Å². The van der Waals surface area contributed by atoms with Crippen LogP contribution in [0, 0.1) is 0 Å². The number of hydrogen-bond acceptors (Lipinski definition) is 4. The van der Waals surface area contributed by atoms with Crippen LogP contribution in [0.15, 0.2) is 18.2 Å². The summed E-state index contributed by atoms with van der Waals surface area (Å²) in [6.45, 7) is 5.85. The van der Waals surface area contributed by atoms with E-state index in [2.05, 4.69) is 43.7 Å². The van der Waals surface area contributed by atoms with Crippen molar-refractivity contribution in [3.05, 3.63) is 23.8 Å². The van der Waals surface area contributed by atoms with Gasteiger partial charge in [-0.15, -0.1) is 0 Å². The van der Waals surface area contributed by atoms with Crippen LogP contribution in [0.3, 0.4) is 0 Å². The van der Waals surface area contributed by atoms with Crippen molar-refractivity contribution in [2.45, 2.75) is 26.3 Å². The molecule has 0 radical (unpaired) electrons. The van der Waals surface area contributed by atoms with Crippen molar-refractivity contribution in [1.82, 2.24) is 4.90 Å². The van der Waals surface area contributed by atoms with Gasteiger partial charge in [-0.3, -0.25) is 4.79 Å². The van der Waals surface area contributed by atoms with Gasteiger partial charge in [0.05, 0.1) is 0 Å². The highest BCUT2D eigenvalue weighted by atomic mass is 16.7. The molecule has 1 amide bonds. The van der Waals surface area contributed by atoms with E-state index in [9.17, 15) is 0 Å². The molecule has 0 fully saturated rings. The number of likely N-dealkylation sites (N-methyl/N-ethyl adjacent to an activating group) is 1. The fourth-order valence-corrected chi connectivity index (χ4v) is 1.88. The van der Waals surface area contributed by atoms with Crippen LogP contribution in [0.4, 0.5) is 0 Å². The fourth-order valence-electron chi connectivity index (χ4n) is 1.88. The molecule has 1 aliphatic heterocycles. The number of hydrogen-bond donors (Lipinski definition) is 1. The number of carbonyl (C=O) groups is 1. The molecule has 1 aromatic carbocycles. The largest absolute Gasteiger partial charge is 0.454 e. The molecule has 1 aliphatic rings. The van der Waals surface area contributed by atoms with Crippen molar-refractivity contribution in [1.29, 1.82) is 0 Å². The summed E-state index contributed by atoms with van der Waals surface area (Å²) in [5.74, 6) is 1.74. The summed E-state index contributed by atoms with van der Waals surface area (Å²) < 4.78 is 10.7. The number of carbonyl (C=O) groups excluding carboxylic acids is 1. The van der Waals surface area contributed by atoms with E-state index in [0.29, 0.717) is 12.8 Å². The molecule has 5 nitrogen and oxygen atoms in total. The zero-order valence-electron chi connectivity index (χ0n) is 11.8. The average Bonchev–Trinajstić information content (AvgIpc) is 2.86. The van der Waals surface area contributed by atoms with Crippen LogP contribution < -0.4 is 15.2 Å². The second-order valence-corrected chi connectivity index (χ2v) is 4.45. The van der Waals surface area contributed by atoms with E-state index < -0.39 is 0 Å². The molecule has 0 aliphatic carbocycles. The van der Waals surface area contributed by atoms with Crippen LogP contribution in [-0.4, -0.2) is 37.7 Å². The summed E-state index contributed by atoms with van der Waals surface area (Å²) in [6.07, 6.45) is 1.29. The third-order valence-electron chi connectivity index (χ3n) is 3.22. The van der Waals surface area contributed by atoms with Gasteiger partial charge in [0.15, 0.2) is 11.5 Å². The van der Waals surface area contributed by atoms with Crippen molar-refractivity contribution >= 4 is 6.41 Å². The van der Waals surface area contributed by atoms with Crippen molar-refractivity contribution in [2.75, 3.05) is 20.4 Å². The van der Waals surface area contributed by atoms with E-state index in [4.69, 9.17) is 14.3 Å². The lowest BCUT2D eigenvalue weighted by molar-refractivity contribution is -0.106. The Morgan fingerprint density at radius 1 is 1.42 bits per heavy atom. The zero-order valence-corrected chi connectivity index (χ0v) is 11.8. The molecule has 2 N–H and O–H groups in total. The maximum Gasteiger partial charge on any atom is 0.231 e. The highest BCUT2D eigenvalue weighted by molar-refractivity contribution is 5.44. The lowest BCUT2D eigenvalue weighted by Crippen LogP contribution is -2.30. The second kappa shape index (κ2) is 7.63. The molecule has 0 saturated carbocycles. The van der Waals surface area contributed by atoms with Gasteiger partial charge in [-0.1, -0.05) is 13.0 Å². The van der Waals surface area contributed by atoms with Gasteiger partial charge >= 0.3 is 0 Å². The number of nitrogens with two attached hydrogens (primary N) is 1. The van der Waals surface area contributed by atoms with Crippen LogP contribution in [0.5, 0.6) is 11.5 Å². The lowest BCUT2D eigenvalue weighted by Gasteiger charge is -2.23. The Kier molecular flexibility index (Phi) is 6.15. The first-order chi connectivity index (χ1) is 9.12. The Morgan fingerprint density at radius 2 is 2.05 bits per heavy atom. The number of rotatable bonds is 4. The summed E-state index contributed by atoms with van der Waals surface area (Å²) in [4.78, 5) is 10.9. The Hall–Kier alpha value is -1.75. The third kappa shape index (κ3) is 4.44. The smallest absolute Gasteiger partial charge is 0.231 e. The van der Waals surface area contributed by atoms with Gasteiger partial charge in [-0.2, -0.15) is 0 Å². The van der Waals surface area contributed by atoms with Gasteiger partial charge in [-0.05, 0) is 44.6 Å². The number of amides is 1. The molecule has 0 aromatic heterocycles. The molecule has 1 aromatic rings. The minimum atomic E-state index is 0.250. The van der Waals surface area contributed by atoms with Crippen molar-refractivity contribution in [2.24, 2.45) is 5.73 Å². The summed E-state index contributed by atoms with van der Waals surface area (Å²) in [6, 6.07) is 6.75. The standard InChI is InChI=1S/C13H19NO2.CH3NO/c1-4-14(3)10(2)7-11-5-6-12-13(8-11)16-9-15-12;2-1-3/h5-6,8,10H,4,7,9H2,1-3H3;1H,(H2,2,3). The maximum atomic E-state index is 8.58. The van der Waals surface area contributed by atoms with Crippen molar-refractivity contribution in [3.63, 3.8) is 0 Å². The monoisotopic (exact) mass is 266 g/mol. The number of fused-ring (bicyclic) bond motifs is 1. The summed E-state index contributed by atoms with van der Waals surface area (Å²) in [5.41, 5.74) is 5.47. The molecule has 1 unspecified atom stereocenters. The highest BCUT2D eigenvalue weighted by Crippen LogP contribution is 2.32. The molecule has 1 heterocycles. The van der Waals surface area contributed by atoms with Crippen LogP contribution in [-0.2, 0) is 11.2 Å². The Bertz CT molecular complexity index is 410. The first-order valence-electron chi connectivity index (χ1n) is 6.36. The fraction of sp³-hybridized carbons (Fsp3) is 0.500. The molecule has 106 valence electrons. The SMILES string of the molecule is CCN(C)C(C)Cc1ccc2c(c1)OCO2.NC=O. The van der Waals surface area contributed by atoms with Crippen LogP contribution in [0.1, 0.15) is 19.4 Å². The number of benzene rings is 1. The van der Waals surface area contributed by atoms with Crippen molar-refractivity contribution in [3.8, 4) is 11.5 Å². The third-order valence-corrected chi connectivity index (χ3v) is 3.22. The molecule has 0 spiro atoms. The van der Waals surface area contributed by atoms with E-state index >= 15 is 0 Å². The minimum Gasteiger partial charge on any atom is -0.454 e. The quantitative estimate of drug-likeness (QED) is 0.837. The topological polar surface area (TPSA) is 64.8 Å². The second-order valence-electron chi connectivity index (χ2n) is 4.45. The first-order valence-corrected chi connectivity index (χ1v) is 6.36. The molecule has 5 heteroatoms. The highest BCUT2D eigenvalue weighted by Gasteiger charge is 2.15. The van der Waals surface area contributed by atoms with Gasteiger partial charge in [0, 0.05) is 6.04 Å². The van der Waals surface area contributed by atoms with E-state index in [-0.39, 0.29) is 6.41 Å². The normalized spacial score (nSPS) is 13.7. The number of nitrogens with zero attached hydrogens (tertiary/aromatic N) is 1. The van der Waals surface area contributed by atoms with E-state index in [1.807, 2.05) is 6.07 Å². The van der Waals surface area contributed by atoms with Gasteiger partial charge in [0.1, 0.15) is 0 Å². The lowest BCUT2D eigenvalue weighted by atomic mass is 10.1. The Balaban J connectivity index is 0.000000550. The Morgan fingerprint density at radius 3 is 2.68 bits per heavy atom.